The van der Waals surface area contributed by atoms with Crippen molar-refractivity contribution in [1.29, 1.82) is 0 Å². The monoisotopic (exact) mass is 281 g/mol. The molecule has 0 bridgehead atoms. The molecule has 20 heavy (non-hydrogen) atoms. The molecule has 0 radical (unpaired) electrons. The largest absolute Gasteiger partial charge is 0.478 e. The number of aromatic carboxylic acids is 1. The molecule has 1 unspecified atom stereocenters. The van der Waals surface area contributed by atoms with Gasteiger partial charge in [0.25, 0.3) is 0 Å². The van der Waals surface area contributed by atoms with Crippen LogP contribution >= 0.6 is 0 Å². The maximum atomic E-state index is 13.0. The van der Waals surface area contributed by atoms with Crippen molar-refractivity contribution < 1.29 is 23.9 Å². The van der Waals surface area contributed by atoms with Crippen LogP contribution < -0.4 is 16.0 Å². The minimum absolute atomic E-state index is 0.00241. The lowest BCUT2D eigenvalue weighted by molar-refractivity contribution is -0.124. The topological polar surface area (TPSA) is 108 Å². The minimum atomic E-state index is -1.34. The molecule has 7 nitrogen and oxygen atoms in total. The zero-order valence-corrected chi connectivity index (χ0v) is 10.3. The highest BCUT2D eigenvalue weighted by Crippen LogP contribution is 2.17. The number of anilines is 1. The van der Waals surface area contributed by atoms with Crippen LogP contribution in [0.3, 0.4) is 0 Å². The fourth-order valence-corrected chi connectivity index (χ4v) is 1.77. The van der Waals surface area contributed by atoms with Crippen LogP contribution in [0.2, 0.25) is 0 Å². The van der Waals surface area contributed by atoms with Crippen LogP contribution in [0.5, 0.6) is 0 Å². The first-order valence-corrected chi connectivity index (χ1v) is 5.81. The molecule has 1 aromatic rings. The third-order valence-corrected chi connectivity index (χ3v) is 2.80. The molecule has 8 heteroatoms. The van der Waals surface area contributed by atoms with E-state index in [1.165, 1.54) is 6.07 Å². The van der Waals surface area contributed by atoms with Crippen LogP contribution in [-0.4, -0.2) is 42.0 Å². The smallest absolute Gasteiger partial charge is 0.337 e. The predicted molar refractivity (Wildman–Crippen MR) is 66.8 cm³/mol. The summed E-state index contributed by atoms with van der Waals surface area (Å²) in [6.45, 7) is 0.113. The molecule has 0 spiro atoms. The summed E-state index contributed by atoms with van der Waals surface area (Å²) in [5, 5.41) is 16.6. The first-order valence-electron chi connectivity index (χ1n) is 5.81. The zero-order valence-electron chi connectivity index (χ0n) is 10.3. The lowest BCUT2D eigenvalue weighted by atomic mass is 10.1. The van der Waals surface area contributed by atoms with E-state index in [0.29, 0.717) is 0 Å². The van der Waals surface area contributed by atoms with Crippen molar-refractivity contribution in [3.63, 3.8) is 0 Å². The first-order chi connectivity index (χ1) is 9.47. The number of carboxylic acids is 1. The molecule has 1 heterocycles. The Bertz CT molecular complexity index is 566. The van der Waals surface area contributed by atoms with Crippen LogP contribution in [0.1, 0.15) is 10.4 Å². The van der Waals surface area contributed by atoms with Crippen molar-refractivity contribution in [2.45, 2.75) is 6.04 Å². The number of benzene rings is 1. The van der Waals surface area contributed by atoms with Gasteiger partial charge in [0.05, 0.1) is 17.8 Å². The first kappa shape index (κ1) is 13.9. The fourth-order valence-electron chi connectivity index (χ4n) is 1.77. The van der Waals surface area contributed by atoms with Crippen LogP contribution in [0.4, 0.5) is 10.1 Å². The normalized spacial score (nSPS) is 18.2. The molecule has 1 aliphatic rings. The Hall–Kier alpha value is -2.48. The van der Waals surface area contributed by atoms with Gasteiger partial charge in [-0.3, -0.25) is 14.9 Å². The molecule has 0 saturated carbocycles. The van der Waals surface area contributed by atoms with Crippen molar-refractivity contribution in [1.82, 2.24) is 10.6 Å². The summed E-state index contributed by atoms with van der Waals surface area (Å²) in [7, 11) is 0. The highest BCUT2D eigenvalue weighted by Gasteiger charge is 2.24. The molecule has 0 aliphatic carbocycles. The van der Waals surface area contributed by atoms with E-state index < -0.39 is 23.7 Å². The van der Waals surface area contributed by atoms with E-state index >= 15 is 0 Å². The third kappa shape index (κ3) is 3.09. The number of amides is 2. The van der Waals surface area contributed by atoms with E-state index in [2.05, 4.69) is 16.0 Å². The van der Waals surface area contributed by atoms with Gasteiger partial charge in [-0.25, -0.2) is 9.18 Å². The highest BCUT2D eigenvalue weighted by molar-refractivity contribution is 6.02. The van der Waals surface area contributed by atoms with Gasteiger partial charge in [-0.2, -0.15) is 0 Å². The SMILES string of the molecule is O=C1CNC(C(=O)Nc2ccc(F)cc2C(=O)O)CN1. The number of carbonyl (C=O) groups is 3. The lowest BCUT2D eigenvalue weighted by Gasteiger charge is -2.23. The summed E-state index contributed by atoms with van der Waals surface area (Å²) in [5.41, 5.74) is -0.333. The second kappa shape index (κ2) is 5.66. The summed E-state index contributed by atoms with van der Waals surface area (Å²) in [6, 6.07) is 2.39. The summed E-state index contributed by atoms with van der Waals surface area (Å²) in [6.07, 6.45) is 0. The molecule has 1 saturated heterocycles. The molecule has 1 atom stereocenters. The molecule has 2 rings (SSSR count). The van der Waals surface area contributed by atoms with Gasteiger partial charge in [0.1, 0.15) is 11.9 Å². The summed E-state index contributed by atoms with van der Waals surface area (Å²) in [4.78, 5) is 33.9. The van der Waals surface area contributed by atoms with Gasteiger partial charge in [0.15, 0.2) is 0 Å². The average molecular weight is 281 g/mol. The Morgan fingerprint density at radius 2 is 2.15 bits per heavy atom. The molecule has 2 amide bonds. The molecule has 1 aromatic carbocycles. The number of halogens is 1. The van der Waals surface area contributed by atoms with Crippen molar-refractivity contribution in [3.05, 3.63) is 29.6 Å². The Balaban J connectivity index is 2.11. The molecule has 106 valence electrons. The van der Waals surface area contributed by atoms with Gasteiger partial charge in [-0.15, -0.1) is 0 Å². The standard InChI is InChI=1S/C12H12FN3O4/c13-6-1-2-8(7(3-6)12(19)20)16-11(18)9-4-15-10(17)5-14-9/h1-3,9,14H,4-5H2,(H,15,17)(H,16,18)(H,19,20). The second-order valence-corrected chi connectivity index (χ2v) is 4.22. The van der Waals surface area contributed by atoms with Crippen LogP contribution in [0, 0.1) is 5.82 Å². The predicted octanol–water partition coefficient (Wildman–Crippen LogP) is -0.450. The van der Waals surface area contributed by atoms with Gasteiger partial charge in [-0.05, 0) is 18.2 Å². The molecule has 0 aromatic heterocycles. The number of carboxylic acid groups (broad SMARTS) is 1. The Labute approximate surface area is 113 Å². The molecule has 1 fully saturated rings. The zero-order chi connectivity index (χ0) is 14.7. The number of piperazine rings is 1. The van der Waals surface area contributed by atoms with Crippen LogP contribution in [0.15, 0.2) is 18.2 Å². The second-order valence-electron chi connectivity index (χ2n) is 4.22. The minimum Gasteiger partial charge on any atom is -0.478 e. The van der Waals surface area contributed by atoms with Crippen molar-refractivity contribution in [2.75, 3.05) is 18.4 Å². The summed E-state index contributed by atoms with van der Waals surface area (Å²) < 4.78 is 13.0. The van der Waals surface area contributed by atoms with E-state index in [-0.39, 0.29) is 30.2 Å². The number of nitrogens with one attached hydrogen (secondary N) is 3. The van der Waals surface area contributed by atoms with E-state index in [1.54, 1.807) is 0 Å². The summed E-state index contributed by atoms with van der Waals surface area (Å²) >= 11 is 0. The Morgan fingerprint density at radius 3 is 2.75 bits per heavy atom. The van der Waals surface area contributed by atoms with E-state index in [9.17, 15) is 18.8 Å². The van der Waals surface area contributed by atoms with E-state index in [4.69, 9.17) is 5.11 Å². The van der Waals surface area contributed by atoms with Crippen molar-refractivity contribution in [3.8, 4) is 0 Å². The van der Waals surface area contributed by atoms with Gasteiger partial charge in [-0.1, -0.05) is 0 Å². The van der Waals surface area contributed by atoms with Gasteiger partial charge in [0, 0.05) is 6.54 Å². The summed E-state index contributed by atoms with van der Waals surface area (Å²) in [5.74, 6) is -2.77. The Kier molecular flexibility index (Phi) is 3.94. The molecule has 1 aliphatic heterocycles. The van der Waals surface area contributed by atoms with Gasteiger partial charge < -0.3 is 15.7 Å². The Morgan fingerprint density at radius 1 is 1.40 bits per heavy atom. The fraction of sp³-hybridized carbons (Fsp3) is 0.250. The van der Waals surface area contributed by atoms with Crippen LogP contribution in [0.25, 0.3) is 0 Å². The average Bonchev–Trinajstić information content (AvgIpc) is 2.41. The quantitative estimate of drug-likeness (QED) is 0.600. The van der Waals surface area contributed by atoms with Gasteiger partial charge in [0.2, 0.25) is 11.8 Å². The maximum Gasteiger partial charge on any atom is 0.337 e. The number of rotatable bonds is 3. The highest BCUT2D eigenvalue weighted by atomic mass is 19.1. The van der Waals surface area contributed by atoms with Crippen molar-refractivity contribution in [2.24, 2.45) is 0 Å². The lowest BCUT2D eigenvalue weighted by Crippen LogP contribution is -2.56. The molecular weight excluding hydrogens is 269 g/mol. The maximum absolute atomic E-state index is 13.0. The molecular formula is C12H12FN3O4. The number of carbonyl (C=O) groups excluding carboxylic acids is 2. The van der Waals surface area contributed by atoms with Crippen LogP contribution in [-0.2, 0) is 9.59 Å². The van der Waals surface area contributed by atoms with E-state index in [0.717, 1.165) is 12.1 Å². The van der Waals surface area contributed by atoms with Gasteiger partial charge >= 0.3 is 5.97 Å². The number of hydrogen-bond donors (Lipinski definition) is 4. The van der Waals surface area contributed by atoms with Crippen molar-refractivity contribution >= 4 is 23.5 Å². The molecule has 4 N–H and O–H groups in total. The third-order valence-electron chi connectivity index (χ3n) is 2.80. The van der Waals surface area contributed by atoms with E-state index in [1.807, 2.05) is 0 Å². The number of hydrogen-bond acceptors (Lipinski definition) is 4.